The first-order valence-corrected chi connectivity index (χ1v) is 9.75. The summed E-state index contributed by atoms with van der Waals surface area (Å²) >= 11 is 0. The van der Waals surface area contributed by atoms with Gasteiger partial charge < -0.3 is 10.4 Å². The molecule has 1 heterocycles. The Balaban J connectivity index is 1.86. The predicted octanol–water partition coefficient (Wildman–Crippen LogP) is 2.62. The fourth-order valence-corrected chi connectivity index (χ4v) is 5.18. The number of nitrogens with zero attached hydrogens (tertiary/aromatic N) is 1. The first-order chi connectivity index (χ1) is 12.1. The van der Waals surface area contributed by atoms with Crippen LogP contribution in [0.2, 0.25) is 0 Å². The Hall–Kier alpha value is -2.15. The summed E-state index contributed by atoms with van der Waals surface area (Å²) in [5.74, 6) is 0.206. The van der Waals surface area contributed by atoms with E-state index in [4.69, 9.17) is 0 Å². The van der Waals surface area contributed by atoms with Gasteiger partial charge in [-0.15, -0.1) is 0 Å². The Morgan fingerprint density at radius 1 is 1.12 bits per heavy atom. The molecule has 0 amide bonds. The largest absolute Gasteiger partial charge is 0.396 e. The number of hydrogen-bond donors (Lipinski definition) is 2. The van der Waals surface area contributed by atoms with E-state index in [1.807, 2.05) is 19.2 Å². The molecule has 2 N–H and O–H groups in total. The van der Waals surface area contributed by atoms with Gasteiger partial charge in [0.25, 0.3) is 10.0 Å². The van der Waals surface area contributed by atoms with Crippen molar-refractivity contribution in [2.45, 2.75) is 23.3 Å². The molecule has 0 aliphatic heterocycles. The minimum Gasteiger partial charge on any atom is -0.396 e. The van der Waals surface area contributed by atoms with Gasteiger partial charge in [-0.25, -0.2) is 12.4 Å². The highest BCUT2D eigenvalue weighted by atomic mass is 32.2. The predicted molar refractivity (Wildman–Crippen MR) is 97.2 cm³/mol. The monoisotopic (exact) mass is 356 g/mol. The fraction of sp³-hybridized carbons (Fsp3) is 0.263. The van der Waals surface area contributed by atoms with Crippen LogP contribution in [0.5, 0.6) is 0 Å². The minimum absolute atomic E-state index is 0.115. The van der Waals surface area contributed by atoms with Crippen molar-refractivity contribution in [2.75, 3.05) is 13.7 Å². The number of benzene rings is 2. The molecule has 0 saturated heterocycles. The van der Waals surface area contributed by atoms with Crippen LogP contribution in [0.15, 0.2) is 59.6 Å². The number of nitrogens with one attached hydrogen (secondary N) is 1. The van der Waals surface area contributed by atoms with Gasteiger partial charge in [0.15, 0.2) is 0 Å². The van der Waals surface area contributed by atoms with Crippen LogP contribution in [0.4, 0.5) is 0 Å². The van der Waals surface area contributed by atoms with E-state index in [1.165, 1.54) is 9.54 Å². The molecule has 0 bridgehead atoms. The van der Waals surface area contributed by atoms with E-state index in [-0.39, 0.29) is 23.5 Å². The molecule has 25 heavy (non-hydrogen) atoms. The third kappa shape index (κ3) is 2.40. The zero-order valence-electron chi connectivity index (χ0n) is 13.9. The van der Waals surface area contributed by atoms with Crippen LogP contribution >= 0.6 is 0 Å². The Morgan fingerprint density at radius 3 is 2.56 bits per heavy atom. The van der Waals surface area contributed by atoms with Gasteiger partial charge in [0.2, 0.25) is 0 Å². The van der Waals surface area contributed by atoms with Crippen LogP contribution in [-0.4, -0.2) is 31.2 Å². The number of hydrogen-bond acceptors (Lipinski definition) is 4. The summed E-state index contributed by atoms with van der Waals surface area (Å²) in [4.78, 5) is 0.273. The van der Waals surface area contributed by atoms with E-state index in [0.29, 0.717) is 11.9 Å². The lowest BCUT2D eigenvalue weighted by Gasteiger charge is -2.39. The molecule has 0 spiro atoms. The average Bonchev–Trinajstić information content (AvgIpc) is 3.04. The SMILES string of the molecule is CN[C@H]1c2cc3ccn(S(=O)(=O)c4ccccc4)c3cc2[C@H]1CCO. The Bertz CT molecular complexity index is 1030. The zero-order chi connectivity index (χ0) is 17.6. The molecule has 3 aromatic rings. The molecular weight excluding hydrogens is 336 g/mol. The second-order valence-corrected chi connectivity index (χ2v) is 8.17. The smallest absolute Gasteiger partial charge is 0.268 e. The number of rotatable bonds is 5. The van der Waals surface area contributed by atoms with Crippen LogP contribution in [-0.2, 0) is 10.0 Å². The molecule has 0 unspecified atom stereocenters. The minimum atomic E-state index is -3.62. The van der Waals surface area contributed by atoms with Gasteiger partial charge in [-0.05, 0) is 54.9 Å². The van der Waals surface area contributed by atoms with Gasteiger partial charge >= 0.3 is 0 Å². The summed E-state index contributed by atoms with van der Waals surface area (Å²) in [5, 5.41) is 13.5. The summed E-state index contributed by atoms with van der Waals surface area (Å²) in [7, 11) is -1.72. The number of fused-ring (bicyclic) bond motifs is 2. The zero-order valence-corrected chi connectivity index (χ0v) is 14.7. The van der Waals surface area contributed by atoms with Crippen molar-refractivity contribution >= 4 is 20.9 Å². The van der Waals surface area contributed by atoms with E-state index >= 15 is 0 Å². The quantitative estimate of drug-likeness (QED) is 0.737. The third-order valence-electron chi connectivity index (χ3n) is 5.05. The van der Waals surface area contributed by atoms with Gasteiger partial charge in [-0.1, -0.05) is 18.2 Å². The maximum Gasteiger partial charge on any atom is 0.268 e. The fourth-order valence-electron chi connectivity index (χ4n) is 3.82. The van der Waals surface area contributed by atoms with Gasteiger partial charge in [0.05, 0.1) is 10.4 Å². The molecule has 0 saturated carbocycles. The Labute approximate surface area is 147 Å². The van der Waals surface area contributed by atoms with Crippen LogP contribution in [0.3, 0.4) is 0 Å². The number of likely N-dealkylation sites (N-methyl/N-ethyl adjacent to an activating group) is 1. The molecule has 2 aromatic carbocycles. The molecule has 5 nitrogen and oxygen atoms in total. The molecule has 2 atom stereocenters. The molecular formula is C19H20N2O3S. The third-order valence-corrected chi connectivity index (χ3v) is 6.75. The van der Waals surface area contributed by atoms with Crippen molar-refractivity contribution in [3.8, 4) is 0 Å². The highest BCUT2D eigenvalue weighted by molar-refractivity contribution is 7.90. The standard InChI is InChI=1S/C19H20N2O3S/c1-20-19-15(8-10-22)16-12-18-13(11-17(16)19)7-9-21(18)25(23,24)14-5-3-2-4-6-14/h2-7,9,11-12,15,19-20,22H,8,10H2,1H3/t15-,19-/m1/s1. The van der Waals surface area contributed by atoms with Crippen molar-refractivity contribution in [1.29, 1.82) is 0 Å². The van der Waals surface area contributed by atoms with E-state index < -0.39 is 10.0 Å². The molecule has 0 fully saturated rings. The van der Waals surface area contributed by atoms with E-state index in [2.05, 4.69) is 11.4 Å². The molecule has 1 aliphatic carbocycles. The van der Waals surface area contributed by atoms with Gasteiger partial charge in [0.1, 0.15) is 0 Å². The molecule has 130 valence electrons. The first-order valence-electron chi connectivity index (χ1n) is 8.31. The molecule has 0 radical (unpaired) electrons. The molecule has 6 heteroatoms. The highest BCUT2D eigenvalue weighted by Gasteiger charge is 2.37. The van der Waals surface area contributed by atoms with E-state index in [9.17, 15) is 13.5 Å². The van der Waals surface area contributed by atoms with Crippen LogP contribution < -0.4 is 5.32 Å². The highest BCUT2D eigenvalue weighted by Crippen LogP contribution is 2.48. The topological polar surface area (TPSA) is 71.3 Å². The van der Waals surface area contributed by atoms with Crippen molar-refractivity contribution in [2.24, 2.45) is 0 Å². The van der Waals surface area contributed by atoms with Gasteiger partial charge in [-0.3, -0.25) is 0 Å². The second-order valence-electron chi connectivity index (χ2n) is 6.35. The Kier molecular flexibility index (Phi) is 3.91. The van der Waals surface area contributed by atoms with Gasteiger partial charge in [0, 0.05) is 30.1 Å². The summed E-state index contributed by atoms with van der Waals surface area (Å²) in [6.07, 6.45) is 2.28. The van der Waals surface area contributed by atoms with Crippen molar-refractivity contribution in [3.05, 3.63) is 65.9 Å². The lowest BCUT2D eigenvalue weighted by atomic mass is 9.71. The van der Waals surface area contributed by atoms with Crippen molar-refractivity contribution in [3.63, 3.8) is 0 Å². The lowest BCUT2D eigenvalue weighted by Crippen LogP contribution is -2.34. The maximum atomic E-state index is 13.0. The van der Waals surface area contributed by atoms with Crippen LogP contribution in [0, 0.1) is 0 Å². The maximum absolute atomic E-state index is 13.0. The number of aliphatic hydroxyl groups excluding tert-OH is 1. The van der Waals surface area contributed by atoms with E-state index in [1.54, 1.807) is 36.5 Å². The normalized spacial score (nSPS) is 19.6. The summed E-state index contributed by atoms with van der Waals surface area (Å²) < 4.78 is 27.3. The molecule has 1 aromatic heterocycles. The second kappa shape index (κ2) is 5.98. The molecule has 4 rings (SSSR count). The summed E-state index contributed by atoms with van der Waals surface area (Å²) in [6, 6.07) is 14.5. The van der Waals surface area contributed by atoms with Crippen molar-refractivity contribution in [1.82, 2.24) is 9.29 Å². The average molecular weight is 356 g/mol. The molecule has 1 aliphatic rings. The Morgan fingerprint density at radius 2 is 1.88 bits per heavy atom. The van der Waals surface area contributed by atoms with Crippen LogP contribution in [0.25, 0.3) is 10.9 Å². The van der Waals surface area contributed by atoms with Gasteiger partial charge in [-0.2, -0.15) is 0 Å². The number of aliphatic hydroxyl groups is 1. The first kappa shape index (κ1) is 16.3. The number of aromatic nitrogens is 1. The summed E-state index contributed by atoms with van der Waals surface area (Å²) in [5.41, 5.74) is 2.98. The lowest BCUT2D eigenvalue weighted by molar-refractivity contribution is 0.251. The van der Waals surface area contributed by atoms with E-state index in [0.717, 1.165) is 10.9 Å². The summed E-state index contributed by atoms with van der Waals surface area (Å²) in [6.45, 7) is 0.115. The van der Waals surface area contributed by atoms with Crippen molar-refractivity contribution < 1.29 is 13.5 Å². The van der Waals surface area contributed by atoms with Crippen LogP contribution in [0.1, 0.15) is 29.5 Å².